The molecule has 0 aromatic heterocycles. The van der Waals surface area contributed by atoms with Crippen LogP contribution in [0.4, 0.5) is 4.39 Å². The molecule has 0 bridgehead atoms. The monoisotopic (exact) mass is 324 g/mol. The van der Waals surface area contributed by atoms with E-state index in [9.17, 15) is 12.8 Å². The van der Waals surface area contributed by atoms with Crippen LogP contribution in [-0.4, -0.2) is 21.0 Å². The van der Waals surface area contributed by atoms with Gasteiger partial charge in [0.1, 0.15) is 10.7 Å². The summed E-state index contributed by atoms with van der Waals surface area (Å²) in [6, 6.07) is 3.51. The number of hydrogen-bond acceptors (Lipinski definition) is 3. The smallest absolute Gasteiger partial charge is 0.243 e. The lowest BCUT2D eigenvalue weighted by molar-refractivity contribution is 0.546. The summed E-state index contributed by atoms with van der Waals surface area (Å²) in [5.74, 6) is -0.794. The van der Waals surface area contributed by atoms with Crippen molar-refractivity contribution in [2.24, 2.45) is 5.73 Å². The molecule has 3 N–H and O–H groups in total. The van der Waals surface area contributed by atoms with Crippen LogP contribution < -0.4 is 10.5 Å². The number of hydrogen-bond donors (Lipinski definition) is 2. The second-order valence-electron chi connectivity index (χ2n) is 3.59. The second-order valence-corrected chi connectivity index (χ2v) is 6.25. The Morgan fingerprint density at radius 1 is 1.53 bits per heavy atom. The summed E-state index contributed by atoms with van der Waals surface area (Å²) < 4.78 is 39.8. The van der Waals surface area contributed by atoms with Crippen LogP contribution in [0, 0.1) is 5.82 Å². The highest BCUT2D eigenvalue weighted by Gasteiger charge is 2.19. The first-order valence-electron chi connectivity index (χ1n) is 5.07. The van der Waals surface area contributed by atoms with Crippen LogP contribution in [0.25, 0.3) is 0 Å². The largest absolute Gasteiger partial charge is 0.327 e. The van der Waals surface area contributed by atoms with E-state index >= 15 is 0 Å². The lowest BCUT2D eigenvalue weighted by Gasteiger charge is -2.11. The van der Waals surface area contributed by atoms with Gasteiger partial charge in [0.25, 0.3) is 0 Å². The molecule has 1 aromatic rings. The summed E-state index contributed by atoms with van der Waals surface area (Å²) >= 11 is 3.06. The number of benzene rings is 1. The first kappa shape index (κ1) is 14.6. The minimum absolute atomic E-state index is 0.0916. The van der Waals surface area contributed by atoms with Gasteiger partial charge in [-0.25, -0.2) is 17.5 Å². The summed E-state index contributed by atoms with van der Waals surface area (Å²) in [5.41, 5.74) is 5.59. The summed E-state index contributed by atoms with van der Waals surface area (Å²) in [6.07, 6.45) is 0.644. The van der Waals surface area contributed by atoms with E-state index in [4.69, 9.17) is 5.73 Å². The average Bonchev–Trinajstić information content (AvgIpc) is 2.25. The lowest BCUT2D eigenvalue weighted by Crippen LogP contribution is -2.37. The number of sulfonamides is 1. The van der Waals surface area contributed by atoms with E-state index in [1.165, 1.54) is 12.1 Å². The molecule has 1 atom stereocenters. The van der Waals surface area contributed by atoms with Gasteiger partial charge in [0.2, 0.25) is 10.0 Å². The van der Waals surface area contributed by atoms with Gasteiger partial charge in [-0.2, -0.15) is 0 Å². The number of rotatable bonds is 5. The number of nitrogens with two attached hydrogens (primary N) is 1. The fourth-order valence-corrected chi connectivity index (χ4v) is 2.62. The van der Waals surface area contributed by atoms with Gasteiger partial charge in [-0.1, -0.05) is 22.9 Å². The molecule has 0 heterocycles. The molecule has 0 aliphatic heterocycles. The Labute approximate surface area is 109 Å². The molecule has 0 saturated carbocycles. The Kier molecular flexibility index (Phi) is 5.05. The summed E-state index contributed by atoms with van der Waals surface area (Å²) in [4.78, 5) is -0.371. The van der Waals surface area contributed by atoms with E-state index in [2.05, 4.69) is 20.7 Å². The van der Waals surface area contributed by atoms with Crippen molar-refractivity contribution in [1.82, 2.24) is 4.72 Å². The molecule has 0 amide bonds. The molecule has 0 spiro atoms. The van der Waals surface area contributed by atoms with Crippen molar-refractivity contribution in [2.45, 2.75) is 24.3 Å². The van der Waals surface area contributed by atoms with Crippen LogP contribution in [0.15, 0.2) is 27.6 Å². The van der Waals surface area contributed by atoms with Crippen molar-refractivity contribution in [1.29, 1.82) is 0 Å². The standard InChI is InChI=1S/C10H14BrFN2O2S/c1-2-8(13)6-14-17(15,16)10-4-3-7(11)5-9(10)12/h3-5,8,14H,2,6,13H2,1H3. The van der Waals surface area contributed by atoms with Gasteiger partial charge in [0.05, 0.1) is 0 Å². The maximum atomic E-state index is 13.5. The molecule has 0 fully saturated rings. The summed E-state index contributed by atoms with van der Waals surface area (Å²) in [6.45, 7) is 1.94. The Balaban J connectivity index is 2.90. The highest BCUT2D eigenvalue weighted by Crippen LogP contribution is 2.19. The molecule has 0 aliphatic carbocycles. The van der Waals surface area contributed by atoms with Crippen molar-refractivity contribution < 1.29 is 12.8 Å². The third kappa shape index (κ3) is 4.02. The second kappa shape index (κ2) is 5.90. The third-order valence-corrected chi connectivity index (χ3v) is 4.19. The van der Waals surface area contributed by atoms with Crippen LogP contribution in [0.5, 0.6) is 0 Å². The number of halogens is 2. The summed E-state index contributed by atoms with van der Waals surface area (Å²) in [5, 5.41) is 0. The molecule has 1 aromatic carbocycles. The molecular formula is C10H14BrFN2O2S. The first-order valence-corrected chi connectivity index (χ1v) is 7.34. The van der Waals surface area contributed by atoms with Gasteiger partial charge in [-0.15, -0.1) is 0 Å². The Hall–Kier alpha value is -0.500. The molecule has 7 heteroatoms. The van der Waals surface area contributed by atoms with Gasteiger partial charge in [-0.05, 0) is 24.6 Å². The zero-order valence-electron chi connectivity index (χ0n) is 9.28. The van der Waals surface area contributed by atoms with Gasteiger partial charge in [0, 0.05) is 17.1 Å². The van der Waals surface area contributed by atoms with E-state index in [1.807, 2.05) is 6.92 Å². The SMILES string of the molecule is CCC(N)CNS(=O)(=O)c1ccc(Br)cc1F. The quantitative estimate of drug-likeness (QED) is 0.864. The lowest BCUT2D eigenvalue weighted by atomic mass is 10.2. The average molecular weight is 325 g/mol. The molecule has 96 valence electrons. The predicted octanol–water partition coefficient (Wildman–Crippen LogP) is 1.60. The van der Waals surface area contributed by atoms with Crippen molar-refractivity contribution in [3.63, 3.8) is 0 Å². The van der Waals surface area contributed by atoms with E-state index in [0.29, 0.717) is 10.9 Å². The zero-order valence-corrected chi connectivity index (χ0v) is 11.7. The Bertz CT molecular complexity index is 493. The van der Waals surface area contributed by atoms with Crippen LogP contribution >= 0.6 is 15.9 Å². The molecule has 1 rings (SSSR count). The van der Waals surface area contributed by atoms with E-state index in [1.54, 1.807) is 0 Å². The molecular weight excluding hydrogens is 311 g/mol. The molecule has 0 radical (unpaired) electrons. The van der Waals surface area contributed by atoms with E-state index in [0.717, 1.165) is 6.07 Å². The molecule has 17 heavy (non-hydrogen) atoms. The van der Waals surface area contributed by atoms with Gasteiger partial charge >= 0.3 is 0 Å². The van der Waals surface area contributed by atoms with Crippen LogP contribution in [-0.2, 0) is 10.0 Å². The van der Waals surface area contributed by atoms with Crippen LogP contribution in [0.1, 0.15) is 13.3 Å². The fourth-order valence-electron chi connectivity index (χ4n) is 1.13. The maximum Gasteiger partial charge on any atom is 0.243 e. The highest BCUT2D eigenvalue weighted by molar-refractivity contribution is 9.10. The maximum absolute atomic E-state index is 13.5. The normalized spacial score (nSPS) is 13.6. The molecule has 0 saturated heterocycles. The topological polar surface area (TPSA) is 72.2 Å². The first-order chi connectivity index (χ1) is 7.86. The van der Waals surface area contributed by atoms with Crippen LogP contribution in [0.3, 0.4) is 0 Å². The third-order valence-electron chi connectivity index (χ3n) is 2.24. The summed E-state index contributed by atoms with van der Waals surface area (Å²) in [7, 11) is -3.84. The van der Waals surface area contributed by atoms with E-state index in [-0.39, 0.29) is 17.5 Å². The Morgan fingerprint density at radius 2 is 2.18 bits per heavy atom. The van der Waals surface area contributed by atoms with Gasteiger partial charge in [0.15, 0.2) is 0 Å². The van der Waals surface area contributed by atoms with Crippen molar-refractivity contribution in [3.8, 4) is 0 Å². The predicted molar refractivity (Wildman–Crippen MR) is 67.6 cm³/mol. The molecule has 1 unspecified atom stereocenters. The fraction of sp³-hybridized carbons (Fsp3) is 0.400. The van der Waals surface area contributed by atoms with Crippen molar-refractivity contribution in [2.75, 3.05) is 6.54 Å². The van der Waals surface area contributed by atoms with Crippen molar-refractivity contribution >= 4 is 26.0 Å². The van der Waals surface area contributed by atoms with Crippen LogP contribution in [0.2, 0.25) is 0 Å². The van der Waals surface area contributed by atoms with E-state index < -0.39 is 15.8 Å². The van der Waals surface area contributed by atoms with Gasteiger partial charge < -0.3 is 5.73 Å². The number of nitrogens with one attached hydrogen (secondary N) is 1. The Morgan fingerprint density at radius 3 is 2.71 bits per heavy atom. The minimum atomic E-state index is -3.84. The highest BCUT2D eigenvalue weighted by atomic mass is 79.9. The van der Waals surface area contributed by atoms with Crippen molar-refractivity contribution in [3.05, 3.63) is 28.5 Å². The zero-order chi connectivity index (χ0) is 13.1. The molecule has 4 nitrogen and oxygen atoms in total. The van der Waals surface area contributed by atoms with Gasteiger partial charge in [-0.3, -0.25) is 0 Å². The minimum Gasteiger partial charge on any atom is -0.327 e. The molecule has 0 aliphatic rings.